The molecular formula is C36H60N6O5. The Balaban J connectivity index is 1.87. The van der Waals surface area contributed by atoms with Gasteiger partial charge in [0.05, 0.1) is 12.0 Å². The molecular weight excluding hydrogens is 596 g/mol. The SMILES string of the molecule is C#CCCC(NN(C[C@H]1[C@@H](C)C1(C)C)C(=O)C(NC(=O)NC(COC(N)=O)C1CCCCC1)C1CCCCC1)C(C)C(=O)NCC=C. The standard InChI is InChI=1S/C36H60N6O5/c1-7-9-20-29(24(3)32(43)38-21-8-2)41-42(22-28-25(4)36(28,5)6)33(44)31(27-18-14-11-15-19-27)40-35(46)39-30(23-47-34(37)45)26-16-12-10-13-17-26/h1,8,24-31,41H,2,9-23H2,3-6H3,(H2,37,45)(H,38,43)(H2,39,40,46)/t24?,25-,28+,29?,30?,31?/m1/s1. The van der Waals surface area contributed by atoms with Gasteiger partial charge in [0.25, 0.3) is 5.91 Å². The summed E-state index contributed by atoms with van der Waals surface area (Å²) in [6, 6.07) is -2.05. The molecule has 3 aliphatic carbocycles. The van der Waals surface area contributed by atoms with Gasteiger partial charge in [-0.3, -0.25) is 14.6 Å². The quantitative estimate of drug-likeness (QED) is 0.0874. The number of nitrogens with zero attached hydrogens (tertiary/aromatic N) is 1. The van der Waals surface area contributed by atoms with Crippen molar-refractivity contribution < 1.29 is 23.9 Å². The molecule has 11 nitrogen and oxygen atoms in total. The molecule has 4 unspecified atom stereocenters. The van der Waals surface area contributed by atoms with Crippen LogP contribution in [0.4, 0.5) is 9.59 Å². The Bertz CT molecular complexity index is 1110. The molecule has 3 aliphatic rings. The van der Waals surface area contributed by atoms with Crippen molar-refractivity contribution in [2.24, 2.45) is 40.7 Å². The number of hydrogen-bond donors (Lipinski definition) is 5. The van der Waals surface area contributed by atoms with E-state index >= 15 is 0 Å². The molecule has 264 valence electrons. The summed E-state index contributed by atoms with van der Waals surface area (Å²) in [5.41, 5.74) is 8.78. The fraction of sp³-hybridized carbons (Fsp3) is 0.778. The molecule has 5 amide bonds. The molecule has 47 heavy (non-hydrogen) atoms. The van der Waals surface area contributed by atoms with Gasteiger partial charge in [-0.2, -0.15) is 0 Å². The van der Waals surface area contributed by atoms with E-state index in [2.05, 4.69) is 54.6 Å². The minimum Gasteiger partial charge on any atom is -0.448 e. The van der Waals surface area contributed by atoms with Crippen molar-refractivity contribution in [2.45, 2.75) is 123 Å². The number of carbonyl (C=O) groups is 4. The van der Waals surface area contributed by atoms with E-state index in [0.29, 0.717) is 31.8 Å². The maximum atomic E-state index is 14.7. The summed E-state index contributed by atoms with van der Waals surface area (Å²) in [5, 5.41) is 10.7. The fourth-order valence-electron chi connectivity index (χ4n) is 7.57. The monoisotopic (exact) mass is 656 g/mol. The number of nitrogens with two attached hydrogens (primary N) is 1. The van der Waals surface area contributed by atoms with E-state index in [9.17, 15) is 19.2 Å². The summed E-state index contributed by atoms with van der Waals surface area (Å²) in [6.45, 7) is 12.9. The minimum absolute atomic E-state index is 0.0134. The van der Waals surface area contributed by atoms with Gasteiger partial charge in [0.1, 0.15) is 12.6 Å². The summed E-state index contributed by atoms with van der Waals surface area (Å²) in [4.78, 5) is 52.9. The van der Waals surface area contributed by atoms with Crippen LogP contribution in [0.3, 0.4) is 0 Å². The van der Waals surface area contributed by atoms with Crippen molar-refractivity contribution in [3.63, 3.8) is 0 Å². The van der Waals surface area contributed by atoms with Gasteiger partial charge < -0.3 is 26.4 Å². The van der Waals surface area contributed by atoms with E-state index in [1.165, 1.54) is 0 Å². The number of hydrogen-bond acceptors (Lipinski definition) is 6. The third-order valence-corrected chi connectivity index (χ3v) is 11.2. The summed E-state index contributed by atoms with van der Waals surface area (Å²) >= 11 is 0. The third kappa shape index (κ3) is 11.2. The first kappa shape index (κ1) is 38.2. The van der Waals surface area contributed by atoms with Crippen LogP contribution in [0, 0.1) is 47.3 Å². The molecule has 0 aliphatic heterocycles. The Morgan fingerprint density at radius 3 is 2.17 bits per heavy atom. The lowest BCUT2D eigenvalue weighted by molar-refractivity contribution is -0.141. The van der Waals surface area contributed by atoms with Gasteiger partial charge in [-0.25, -0.2) is 15.0 Å². The maximum absolute atomic E-state index is 14.7. The predicted molar refractivity (Wildman–Crippen MR) is 183 cm³/mol. The summed E-state index contributed by atoms with van der Waals surface area (Å²) in [7, 11) is 0. The van der Waals surface area contributed by atoms with Crippen LogP contribution in [-0.4, -0.2) is 66.8 Å². The van der Waals surface area contributed by atoms with Gasteiger partial charge in [0.15, 0.2) is 0 Å². The number of urea groups is 1. The lowest BCUT2D eigenvalue weighted by Gasteiger charge is -2.38. The van der Waals surface area contributed by atoms with Gasteiger partial charge in [-0.05, 0) is 61.2 Å². The summed E-state index contributed by atoms with van der Waals surface area (Å²) < 4.78 is 5.15. The molecule has 0 heterocycles. The van der Waals surface area contributed by atoms with Crippen molar-refractivity contribution in [2.75, 3.05) is 19.7 Å². The highest BCUT2D eigenvalue weighted by Crippen LogP contribution is 2.58. The van der Waals surface area contributed by atoms with Crippen LogP contribution in [-0.2, 0) is 14.3 Å². The molecule has 0 aromatic carbocycles. The van der Waals surface area contributed by atoms with Crippen LogP contribution in [0.1, 0.15) is 105 Å². The van der Waals surface area contributed by atoms with Crippen LogP contribution in [0.5, 0.6) is 0 Å². The lowest BCUT2D eigenvalue weighted by atomic mass is 9.83. The van der Waals surface area contributed by atoms with E-state index in [0.717, 1.165) is 64.2 Å². The highest BCUT2D eigenvalue weighted by Gasteiger charge is 2.55. The molecule has 11 heteroatoms. The molecule has 3 rings (SSSR count). The summed E-state index contributed by atoms with van der Waals surface area (Å²) in [5.74, 6) is 2.60. The zero-order valence-corrected chi connectivity index (χ0v) is 29.2. The Kier molecular flexibility index (Phi) is 14.9. The van der Waals surface area contributed by atoms with Crippen molar-refractivity contribution in [1.82, 2.24) is 26.4 Å². The number of nitrogens with one attached hydrogen (secondary N) is 4. The Hall–Kier alpha value is -3.26. The van der Waals surface area contributed by atoms with Crippen LogP contribution in [0.25, 0.3) is 0 Å². The molecule has 0 bridgehead atoms. The first-order valence-corrected chi connectivity index (χ1v) is 17.8. The van der Waals surface area contributed by atoms with Gasteiger partial charge >= 0.3 is 12.1 Å². The Morgan fingerprint density at radius 2 is 1.64 bits per heavy atom. The summed E-state index contributed by atoms with van der Waals surface area (Å²) in [6.07, 6.45) is 17.1. The van der Waals surface area contributed by atoms with Crippen molar-refractivity contribution in [3.8, 4) is 12.3 Å². The van der Waals surface area contributed by atoms with Crippen molar-refractivity contribution in [1.29, 1.82) is 0 Å². The second kappa shape index (κ2) is 18.3. The van der Waals surface area contributed by atoms with Gasteiger partial charge in [0, 0.05) is 25.6 Å². The van der Waals surface area contributed by atoms with Crippen molar-refractivity contribution in [3.05, 3.63) is 12.7 Å². The van der Waals surface area contributed by atoms with E-state index in [-0.39, 0.29) is 41.6 Å². The first-order chi connectivity index (χ1) is 22.4. The molecule has 3 fully saturated rings. The molecule has 6 N–H and O–H groups in total. The van der Waals surface area contributed by atoms with Crippen LogP contribution in [0.15, 0.2) is 12.7 Å². The minimum atomic E-state index is -0.881. The number of rotatable bonds is 17. The van der Waals surface area contributed by atoms with Crippen LogP contribution in [0.2, 0.25) is 0 Å². The predicted octanol–water partition coefficient (Wildman–Crippen LogP) is 4.62. The zero-order valence-electron chi connectivity index (χ0n) is 29.2. The average molecular weight is 657 g/mol. The number of terminal acetylenes is 1. The molecule has 6 atom stereocenters. The number of carbonyl (C=O) groups excluding carboxylic acids is 4. The van der Waals surface area contributed by atoms with E-state index < -0.39 is 36.2 Å². The number of amides is 5. The first-order valence-electron chi connectivity index (χ1n) is 17.8. The molecule has 0 aromatic heterocycles. The number of primary amides is 1. The highest BCUT2D eigenvalue weighted by atomic mass is 16.5. The van der Waals surface area contributed by atoms with Gasteiger partial charge in [0.2, 0.25) is 5.91 Å². The van der Waals surface area contributed by atoms with E-state index in [4.69, 9.17) is 16.9 Å². The van der Waals surface area contributed by atoms with E-state index in [1.54, 1.807) is 11.1 Å². The van der Waals surface area contributed by atoms with Gasteiger partial charge in [-0.15, -0.1) is 18.9 Å². The molecule has 0 aromatic rings. The molecule has 3 saturated carbocycles. The second-order valence-electron chi connectivity index (χ2n) is 14.6. The number of ether oxygens (including phenoxy) is 1. The Morgan fingerprint density at radius 1 is 1.04 bits per heavy atom. The lowest BCUT2D eigenvalue weighted by Crippen LogP contribution is -2.62. The smallest absolute Gasteiger partial charge is 0.404 e. The largest absolute Gasteiger partial charge is 0.448 e. The van der Waals surface area contributed by atoms with Gasteiger partial charge in [-0.1, -0.05) is 72.3 Å². The Labute approximate surface area is 282 Å². The van der Waals surface area contributed by atoms with Crippen LogP contribution < -0.4 is 27.1 Å². The number of hydrazine groups is 1. The normalized spacial score (nSPS) is 23.6. The van der Waals surface area contributed by atoms with Crippen LogP contribution >= 0.6 is 0 Å². The highest BCUT2D eigenvalue weighted by molar-refractivity contribution is 5.87. The second-order valence-corrected chi connectivity index (χ2v) is 14.6. The topological polar surface area (TPSA) is 155 Å². The molecule has 0 saturated heterocycles. The fourth-order valence-corrected chi connectivity index (χ4v) is 7.57. The average Bonchev–Trinajstić information content (AvgIpc) is 3.55. The zero-order chi connectivity index (χ0) is 34.6. The molecule has 0 spiro atoms. The molecule has 0 radical (unpaired) electrons. The van der Waals surface area contributed by atoms with E-state index in [1.807, 2.05) is 6.92 Å². The maximum Gasteiger partial charge on any atom is 0.404 e. The third-order valence-electron chi connectivity index (χ3n) is 11.2. The van der Waals surface area contributed by atoms with Crippen molar-refractivity contribution >= 4 is 23.9 Å².